The summed E-state index contributed by atoms with van der Waals surface area (Å²) < 4.78 is 5.74. The molecule has 7 heteroatoms. The standard InChI is InChI=1S/C18H24N4O2S/c19-7-6-17-20-16(14-25-17)18(23)22-10-8-21(9-11-22)12-13-24-15-4-2-1-3-5-15/h1-5,14H,6-13,19H2. The number of hydrogen-bond acceptors (Lipinski definition) is 6. The number of rotatable bonds is 7. The van der Waals surface area contributed by atoms with Gasteiger partial charge in [-0.05, 0) is 18.7 Å². The molecule has 0 unspecified atom stereocenters. The minimum atomic E-state index is 0.0275. The van der Waals surface area contributed by atoms with E-state index in [0.29, 0.717) is 18.8 Å². The van der Waals surface area contributed by atoms with Crippen LogP contribution in [0.4, 0.5) is 0 Å². The zero-order valence-electron chi connectivity index (χ0n) is 14.3. The minimum Gasteiger partial charge on any atom is -0.492 e. The van der Waals surface area contributed by atoms with E-state index in [9.17, 15) is 4.79 Å². The number of hydrogen-bond donors (Lipinski definition) is 1. The summed E-state index contributed by atoms with van der Waals surface area (Å²) in [6.45, 7) is 5.28. The molecule has 0 bridgehead atoms. The van der Waals surface area contributed by atoms with Crippen molar-refractivity contribution in [1.29, 1.82) is 0 Å². The molecule has 1 saturated heterocycles. The first kappa shape index (κ1) is 17.8. The highest BCUT2D eigenvalue weighted by atomic mass is 32.1. The Bertz CT molecular complexity index is 669. The largest absolute Gasteiger partial charge is 0.492 e. The maximum absolute atomic E-state index is 12.5. The van der Waals surface area contributed by atoms with E-state index in [1.807, 2.05) is 40.6 Å². The normalized spacial score (nSPS) is 15.3. The second-order valence-corrected chi connectivity index (χ2v) is 6.90. The van der Waals surface area contributed by atoms with Gasteiger partial charge in [0, 0.05) is 44.5 Å². The van der Waals surface area contributed by atoms with Crippen LogP contribution < -0.4 is 10.5 Å². The molecule has 25 heavy (non-hydrogen) atoms. The van der Waals surface area contributed by atoms with Crippen molar-refractivity contribution < 1.29 is 9.53 Å². The van der Waals surface area contributed by atoms with Crippen LogP contribution in [0.3, 0.4) is 0 Å². The highest BCUT2D eigenvalue weighted by Gasteiger charge is 2.23. The molecule has 2 N–H and O–H groups in total. The molecule has 1 aromatic carbocycles. The van der Waals surface area contributed by atoms with Crippen molar-refractivity contribution in [2.45, 2.75) is 6.42 Å². The fraction of sp³-hybridized carbons (Fsp3) is 0.444. The van der Waals surface area contributed by atoms with Crippen molar-refractivity contribution in [3.05, 3.63) is 46.4 Å². The number of carbonyl (C=O) groups is 1. The number of piperazine rings is 1. The molecular weight excluding hydrogens is 336 g/mol. The molecule has 0 spiro atoms. The summed E-state index contributed by atoms with van der Waals surface area (Å²) in [5, 5.41) is 2.77. The molecule has 3 rings (SSSR count). The van der Waals surface area contributed by atoms with E-state index in [4.69, 9.17) is 10.5 Å². The Morgan fingerprint density at radius 1 is 1.20 bits per heavy atom. The molecule has 1 aromatic heterocycles. The van der Waals surface area contributed by atoms with Gasteiger partial charge in [-0.2, -0.15) is 0 Å². The van der Waals surface area contributed by atoms with Crippen molar-refractivity contribution >= 4 is 17.2 Å². The van der Waals surface area contributed by atoms with Crippen LogP contribution in [-0.2, 0) is 6.42 Å². The molecule has 1 fully saturated rings. The molecule has 2 aromatic rings. The Morgan fingerprint density at radius 2 is 1.96 bits per heavy atom. The van der Waals surface area contributed by atoms with E-state index in [2.05, 4.69) is 9.88 Å². The number of aromatic nitrogens is 1. The Hall–Kier alpha value is -1.96. The monoisotopic (exact) mass is 360 g/mol. The van der Waals surface area contributed by atoms with Crippen molar-refractivity contribution in [3.8, 4) is 5.75 Å². The molecule has 0 aliphatic carbocycles. The van der Waals surface area contributed by atoms with Gasteiger partial charge < -0.3 is 15.4 Å². The second kappa shape index (κ2) is 8.94. The minimum absolute atomic E-state index is 0.0275. The predicted molar refractivity (Wildman–Crippen MR) is 99.2 cm³/mol. The van der Waals surface area contributed by atoms with Crippen molar-refractivity contribution in [2.75, 3.05) is 45.9 Å². The van der Waals surface area contributed by atoms with Crippen molar-refractivity contribution in [2.24, 2.45) is 5.73 Å². The fourth-order valence-corrected chi connectivity index (χ4v) is 3.58. The van der Waals surface area contributed by atoms with E-state index >= 15 is 0 Å². The van der Waals surface area contributed by atoms with Crippen LogP contribution >= 0.6 is 11.3 Å². The number of para-hydroxylation sites is 1. The van der Waals surface area contributed by atoms with E-state index in [-0.39, 0.29) is 5.91 Å². The Morgan fingerprint density at radius 3 is 2.68 bits per heavy atom. The molecule has 0 atom stereocenters. The first-order valence-electron chi connectivity index (χ1n) is 8.60. The van der Waals surface area contributed by atoms with Crippen LogP contribution in [0.25, 0.3) is 0 Å². The summed E-state index contributed by atoms with van der Waals surface area (Å²) in [6, 6.07) is 9.84. The second-order valence-electron chi connectivity index (χ2n) is 5.96. The van der Waals surface area contributed by atoms with Crippen LogP contribution in [0.1, 0.15) is 15.5 Å². The van der Waals surface area contributed by atoms with Gasteiger partial charge in [0.2, 0.25) is 0 Å². The third-order valence-electron chi connectivity index (χ3n) is 4.21. The molecule has 0 radical (unpaired) electrons. The first-order valence-corrected chi connectivity index (χ1v) is 9.48. The van der Waals surface area contributed by atoms with Gasteiger partial charge >= 0.3 is 0 Å². The van der Waals surface area contributed by atoms with Gasteiger partial charge in [-0.3, -0.25) is 9.69 Å². The number of carbonyl (C=O) groups excluding carboxylic acids is 1. The third kappa shape index (κ3) is 5.01. The molecule has 1 aliphatic heterocycles. The van der Waals surface area contributed by atoms with Crippen LogP contribution in [0.15, 0.2) is 35.7 Å². The summed E-state index contributed by atoms with van der Waals surface area (Å²) in [5.74, 6) is 0.924. The quantitative estimate of drug-likeness (QED) is 0.810. The molecule has 134 valence electrons. The lowest BCUT2D eigenvalue weighted by Gasteiger charge is -2.34. The number of ether oxygens (including phenoxy) is 1. The van der Waals surface area contributed by atoms with E-state index in [1.54, 1.807) is 0 Å². The lowest BCUT2D eigenvalue weighted by atomic mass is 10.3. The Labute approximate surface area is 152 Å². The van der Waals surface area contributed by atoms with Crippen LogP contribution in [0, 0.1) is 0 Å². The molecule has 2 heterocycles. The summed E-state index contributed by atoms with van der Waals surface area (Å²) in [5.41, 5.74) is 6.09. The molecule has 1 aliphatic rings. The van der Waals surface area contributed by atoms with Gasteiger partial charge in [-0.15, -0.1) is 11.3 Å². The van der Waals surface area contributed by atoms with Crippen molar-refractivity contribution in [3.63, 3.8) is 0 Å². The van der Waals surface area contributed by atoms with Gasteiger partial charge in [0.25, 0.3) is 5.91 Å². The van der Waals surface area contributed by atoms with Gasteiger partial charge in [0.15, 0.2) is 0 Å². The Kier molecular flexibility index (Phi) is 6.38. The molecule has 1 amide bonds. The van der Waals surface area contributed by atoms with Gasteiger partial charge in [0.1, 0.15) is 18.1 Å². The van der Waals surface area contributed by atoms with E-state index < -0.39 is 0 Å². The van der Waals surface area contributed by atoms with E-state index in [1.165, 1.54) is 11.3 Å². The number of benzene rings is 1. The fourth-order valence-electron chi connectivity index (χ4n) is 2.79. The maximum atomic E-state index is 12.5. The van der Waals surface area contributed by atoms with Crippen LogP contribution in [0.5, 0.6) is 5.75 Å². The number of amides is 1. The lowest BCUT2D eigenvalue weighted by Crippen LogP contribution is -2.49. The van der Waals surface area contributed by atoms with Gasteiger partial charge in [-0.25, -0.2) is 4.98 Å². The molecule has 6 nitrogen and oxygen atoms in total. The highest BCUT2D eigenvalue weighted by Crippen LogP contribution is 2.14. The zero-order valence-corrected chi connectivity index (χ0v) is 15.1. The van der Waals surface area contributed by atoms with E-state index in [0.717, 1.165) is 49.9 Å². The average Bonchev–Trinajstić information content (AvgIpc) is 3.12. The predicted octanol–water partition coefficient (Wildman–Crippen LogP) is 1.48. The van der Waals surface area contributed by atoms with Gasteiger partial charge in [0.05, 0.1) is 5.01 Å². The number of nitrogens with two attached hydrogens (primary N) is 1. The summed E-state index contributed by atoms with van der Waals surface area (Å²) in [7, 11) is 0. The lowest BCUT2D eigenvalue weighted by molar-refractivity contribution is 0.0615. The summed E-state index contributed by atoms with van der Waals surface area (Å²) in [4.78, 5) is 21.1. The smallest absolute Gasteiger partial charge is 0.273 e. The third-order valence-corrected chi connectivity index (χ3v) is 5.12. The topological polar surface area (TPSA) is 71.7 Å². The maximum Gasteiger partial charge on any atom is 0.273 e. The molecule has 0 saturated carbocycles. The summed E-state index contributed by atoms with van der Waals surface area (Å²) >= 11 is 1.51. The molecular formula is C18H24N4O2S. The van der Waals surface area contributed by atoms with Crippen LogP contribution in [-0.4, -0.2) is 66.6 Å². The SMILES string of the molecule is NCCc1nc(C(=O)N2CCN(CCOc3ccccc3)CC2)cs1. The summed E-state index contributed by atoms with van der Waals surface area (Å²) in [6.07, 6.45) is 0.729. The van der Waals surface area contributed by atoms with Crippen molar-refractivity contribution in [1.82, 2.24) is 14.8 Å². The zero-order chi connectivity index (χ0) is 17.5. The van der Waals surface area contributed by atoms with Crippen LogP contribution in [0.2, 0.25) is 0 Å². The highest BCUT2D eigenvalue weighted by molar-refractivity contribution is 7.09. The average molecular weight is 360 g/mol. The first-order chi connectivity index (χ1) is 12.3. The Balaban J connectivity index is 1.41. The van der Waals surface area contributed by atoms with Gasteiger partial charge in [-0.1, -0.05) is 18.2 Å². The number of thiazole rings is 1. The number of nitrogens with zero attached hydrogens (tertiary/aromatic N) is 3.